The summed E-state index contributed by atoms with van der Waals surface area (Å²) in [6.45, 7) is 6.60. The number of hydrogen-bond donors (Lipinski definition) is 0. The van der Waals surface area contributed by atoms with Gasteiger partial charge in [0, 0.05) is 0 Å². The lowest BCUT2D eigenvalue weighted by Gasteiger charge is -2.17. The highest BCUT2D eigenvalue weighted by molar-refractivity contribution is 6.27. The molecule has 1 atom stereocenters. The fraction of sp³-hybridized carbons (Fsp3) is 0.400. The highest BCUT2D eigenvalue weighted by Gasteiger charge is 2.11. The summed E-state index contributed by atoms with van der Waals surface area (Å²) in [5.74, 6) is 0. The summed E-state index contributed by atoms with van der Waals surface area (Å²) in [6.07, 6.45) is 3.38. The molecule has 2 nitrogen and oxygen atoms in total. The van der Waals surface area contributed by atoms with Crippen LogP contribution in [0.5, 0.6) is 0 Å². The van der Waals surface area contributed by atoms with Gasteiger partial charge in [0.1, 0.15) is 0 Å². The molecule has 0 saturated heterocycles. The summed E-state index contributed by atoms with van der Waals surface area (Å²) in [5.41, 5.74) is 1.40. The van der Waals surface area contributed by atoms with Crippen LogP contribution in [0.15, 0.2) is 36.4 Å². The molecule has 0 aliphatic heterocycles. The van der Waals surface area contributed by atoms with Gasteiger partial charge in [-0.3, -0.25) is 0 Å². The largest absolute Gasteiger partial charge is 0.406 e. The first-order valence-corrected chi connectivity index (χ1v) is 7.83. The van der Waals surface area contributed by atoms with Gasteiger partial charge >= 0.3 is 0 Å². The molecule has 0 N–H and O–H groups in total. The van der Waals surface area contributed by atoms with E-state index in [1.165, 1.54) is 0 Å². The lowest BCUT2D eigenvalue weighted by atomic mass is 10.0. The number of benzene rings is 1. The Balaban J connectivity index is 2.44. The van der Waals surface area contributed by atoms with Gasteiger partial charge in [-0.2, -0.15) is 5.26 Å². The molecular formula is C15H21NOSi. The van der Waals surface area contributed by atoms with Gasteiger partial charge in [0.25, 0.3) is 0 Å². The van der Waals surface area contributed by atoms with Crippen LogP contribution in [-0.4, -0.2) is 15.9 Å². The lowest BCUT2D eigenvalue weighted by molar-refractivity contribution is 0.308. The summed E-state index contributed by atoms with van der Waals surface area (Å²) in [4.78, 5) is 0. The van der Waals surface area contributed by atoms with Crippen molar-refractivity contribution in [2.24, 2.45) is 5.41 Å². The standard InChI is InChI=1S/C15H21NOSi/c1-15(2,3)12-18-17-14(11-16)10-9-13-7-5-4-6-8-13/h4-10,14H,12,18H2,1-3H3/b10-9+/t14-/m0/s1. The third-order valence-corrected chi connectivity index (χ3v) is 4.84. The van der Waals surface area contributed by atoms with E-state index in [1.807, 2.05) is 42.5 Å². The van der Waals surface area contributed by atoms with Gasteiger partial charge in [-0.25, -0.2) is 0 Å². The fourth-order valence-corrected chi connectivity index (χ4v) is 2.56. The van der Waals surface area contributed by atoms with Crippen molar-refractivity contribution in [3.8, 4) is 6.07 Å². The Morgan fingerprint density at radius 3 is 2.56 bits per heavy atom. The molecule has 0 fully saturated rings. The first kappa shape index (κ1) is 14.7. The Kier molecular flexibility index (Phi) is 5.83. The van der Waals surface area contributed by atoms with Gasteiger partial charge in [0.05, 0.1) is 6.07 Å². The number of nitriles is 1. The van der Waals surface area contributed by atoms with E-state index in [0.29, 0.717) is 5.41 Å². The van der Waals surface area contributed by atoms with Crippen LogP contribution in [0.4, 0.5) is 0 Å². The first-order chi connectivity index (χ1) is 8.51. The zero-order valence-electron chi connectivity index (χ0n) is 11.4. The summed E-state index contributed by atoms with van der Waals surface area (Å²) in [7, 11) is -0.625. The third kappa shape index (κ3) is 6.38. The Morgan fingerprint density at radius 2 is 2.00 bits per heavy atom. The first-order valence-electron chi connectivity index (χ1n) is 6.26. The van der Waals surface area contributed by atoms with Crippen LogP contribution >= 0.6 is 0 Å². The zero-order valence-corrected chi connectivity index (χ0v) is 12.8. The minimum Gasteiger partial charge on any atom is -0.406 e. The van der Waals surface area contributed by atoms with E-state index in [0.717, 1.165) is 11.6 Å². The summed E-state index contributed by atoms with van der Waals surface area (Å²) in [6, 6.07) is 13.2. The van der Waals surface area contributed by atoms with Gasteiger partial charge in [0.2, 0.25) is 0 Å². The van der Waals surface area contributed by atoms with Crippen molar-refractivity contribution < 1.29 is 4.43 Å². The van der Waals surface area contributed by atoms with E-state index < -0.39 is 15.9 Å². The quantitative estimate of drug-likeness (QED) is 0.761. The van der Waals surface area contributed by atoms with E-state index in [4.69, 9.17) is 9.69 Å². The average Bonchev–Trinajstić information content (AvgIpc) is 2.33. The molecule has 0 amide bonds. The van der Waals surface area contributed by atoms with E-state index in [1.54, 1.807) is 0 Å². The van der Waals surface area contributed by atoms with Crippen LogP contribution < -0.4 is 0 Å². The third-order valence-electron chi connectivity index (χ3n) is 2.54. The average molecular weight is 259 g/mol. The van der Waals surface area contributed by atoms with Crippen LogP contribution in [0.1, 0.15) is 26.3 Å². The molecule has 0 saturated carbocycles. The van der Waals surface area contributed by atoms with E-state index in [-0.39, 0.29) is 0 Å². The minimum absolute atomic E-state index is 0.301. The topological polar surface area (TPSA) is 33.0 Å². The summed E-state index contributed by atoms with van der Waals surface area (Å²) >= 11 is 0. The molecule has 0 radical (unpaired) electrons. The molecule has 0 bridgehead atoms. The zero-order chi connectivity index (χ0) is 13.4. The number of rotatable bonds is 5. The highest BCUT2D eigenvalue weighted by atomic mass is 28.2. The fourth-order valence-electron chi connectivity index (χ4n) is 1.39. The Labute approximate surface area is 112 Å². The smallest absolute Gasteiger partial charge is 0.164 e. The number of nitrogens with zero attached hydrogens (tertiary/aromatic N) is 1. The van der Waals surface area contributed by atoms with Crippen LogP contribution in [0.25, 0.3) is 6.08 Å². The summed E-state index contributed by atoms with van der Waals surface area (Å²) in [5, 5.41) is 9.03. The Bertz CT molecular complexity index is 414. The van der Waals surface area contributed by atoms with Gasteiger partial charge in [-0.05, 0) is 23.1 Å². The lowest BCUT2D eigenvalue weighted by Crippen LogP contribution is -2.16. The molecular weight excluding hydrogens is 238 g/mol. The predicted octanol–water partition coefficient (Wildman–Crippen LogP) is 3.16. The van der Waals surface area contributed by atoms with Gasteiger partial charge in [-0.15, -0.1) is 0 Å². The molecule has 1 aromatic carbocycles. The van der Waals surface area contributed by atoms with Crippen molar-refractivity contribution in [2.75, 3.05) is 0 Å². The molecule has 0 unspecified atom stereocenters. The molecule has 0 aliphatic carbocycles. The van der Waals surface area contributed by atoms with E-state index >= 15 is 0 Å². The molecule has 0 spiro atoms. The van der Waals surface area contributed by atoms with Crippen molar-refractivity contribution in [3.63, 3.8) is 0 Å². The Hall–Kier alpha value is -1.37. The maximum absolute atomic E-state index is 9.03. The monoisotopic (exact) mass is 259 g/mol. The van der Waals surface area contributed by atoms with Crippen molar-refractivity contribution in [1.29, 1.82) is 5.26 Å². The molecule has 1 aromatic rings. The van der Waals surface area contributed by atoms with E-state index in [9.17, 15) is 0 Å². The van der Waals surface area contributed by atoms with Crippen LogP contribution in [0.2, 0.25) is 6.04 Å². The molecule has 1 rings (SSSR count). The van der Waals surface area contributed by atoms with Gasteiger partial charge in [-0.1, -0.05) is 57.2 Å². The predicted molar refractivity (Wildman–Crippen MR) is 78.8 cm³/mol. The molecule has 3 heteroatoms. The SMILES string of the molecule is CC(C)(C)C[SiH2]O[C@H](C#N)/C=C/c1ccccc1. The second kappa shape index (κ2) is 7.15. The molecule has 0 aromatic heterocycles. The van der Waals surface area contributed by atoms with Gasteiger partial charge in [0.15, 0.2) is 15.9 Å². The van der Waals surface area contributed by atoms with Crippen LogP contribution in [0, 0.1) is 16.7 Å². The van der Waals surface area contributed by atoms with Crippen molar-refractivity contribution in [3.05, 3.63) is 42.0 Å². The van der Waals surface area contributed by atoms with Crippen molar-refractivity contribution in [2.45, 2.75) is 32.9 Å². The normalized spacial score (nSPS) is 14.1. The maximum Gasteiger partial charge on any atom is 0.164 e. The maximum atomic E-state index is 9.03. The van der Waals surface area contributed by atoms with Crippen LogP contribution in [0.3, 0.4) is 0 Å². The van der Waals surface area contributed by atoms with Gasteiger partial charge < -0.3 is 4.43 Å². The minimum atomic E-state index is -0.625. The van der Waals surface area contributed by atoms with Crippen molar-refractivity contribution in [1.82, 2.24) is 0 Å². The van der Waals surface area contributed by atoms with Crippen LogP contribution in [-0.2, 0) is 4.43 Å². The second-order valence-electron chi connectivity index (χ2n) is 5.50. The molecule has 18 heavy (non-hydrogen) atoms. The highest BCUT2D eigenvalue weighted by Crippen LogP contribution is 2.18. The van der Waals surface area contributed by atoms with E-state index in [2.05, 4.69) is 26.8 Å². The second-order valence-corrected chi connectivity index (χ2v) is 6.74. The molecule has 0 aliphatic rings. The molecule has 96 valence electrons. The summed E-state index contributed by atoms with van der Waals surface area (Å²) < 4.78 is 5.68. The van der Waals surface area contributed by atoms with Crippen molar-refractivity contribution >= 4 is 15.8 Å². The molecule has 0 heterocycles. The Morgan fingerprint density at radius 1 is 1.33 bits per heavy atom. The number of hydrogen-bond acceptors (Lipinski definition) is 2.